The minimum atomic E-state index is 0.0274. The van der Waals surface area contributed by atoms with Crippen molar-refractivity contribution in [3.8, 4) is 0 Å². The Labute approximate surface area is 90.6 Å². The molecule has 1 rings (SSSR count). The van der Waals surface area contributed by atoms with E-state index in [4.69, 9.17) is 0 Å². The van der Waals surface area contributed by atoms with Gasteiger partial charge in [-0.1, -0.05) is 6.08 Å². The fraction of sp³-hybridized carbons (Fsp3) is 0.545. The molecule has 0 atom stereocenters. The predicted molar refractivity (Wildman–Crippen MR) is 59.6 cm³/mol. The molecule has 0 aromatic heterocycles. The summed E-state index contributed by atoms with van der Waals surface area (Å²) in [5.74, 6) is 0.653. The lowest BCUT2D eigenvalue weighted by molar-refractivity contribution is 0.165. The van der Waals surface area contributed by atoms with Crippen LogP contribution in [0.2, 0.25) is 0 Å². The minimum absolute atomic E-state index is 0.0274. The van der Waals surface area contributed by atoms with Crippen molar-refractivity contribution in [1.29, 1.82) is 0 Å². The summed E-state index contributed by atoms with van der Waals surface area (Å²) in [5.41, 5.74) is 0.0274. The third-order valence-corrected chi connectivity index (χ3v) is 2.29. The maximum Gasteiger partial charge on any atom is 0.242 e. The van der Waals surface area contributed by atoms with Crippen LogP contribution >= 0.6 is 0 Å². The van der Waals surface area contributed by atoms with Gasteiger partial charge in [-0.25, -0.2) is 4.79 Å². The van der Waals surface area contributed by atoms with Crippen LogP contribution in [0.3, 0.4) is 0 Å². The molecule has 0 aromatic rings. The van der Waals surface area contributed by atoms with Gasteiger partial charge in [0.05, 0.1) is 6.67 Å². The van der Waals surface area contributed by atoms with Gasteiger partial charge in [0.25, 0.3) is 0 Å². The molecule has 1 heterocycles. The Kier molecular flexibility index (Phi) is 3.32. The quantitative estimate of drug-likeness (QED) is 0.401. The topological polar surface area (TPSA) is 35.9 Å². The number of aliphatic imine (C=N–C) groups is 1. The van der Waals surface area contributed by atoms with Crippen LogP contribution < -0.4 is 0 Å². The van der Waals surface area contributed by atoms with Crippen LogP contribution in [-0.4, -0.2) is 34.6 Å². The van der Waals surface area contributed by atoms with Gasteiger partial charge in [-0.15, -0.1) is 11.6 Å². The maximum absolute atomic E-state index is 10.3. The molecular weight excluding hydrogens is 190 g/mol. The van der Waals surface area contributed by atoms with Crippen molar-refractivity contribution in [2.75, 3.05) is 13.2 Å². The Morgan fingerprint density at radius 1 is 1.67 bits per heavy atom. The molecule has 4 nitrogen and oxygen atoms in total. The summed E-state index contributed by atoms with van der Waals surface area (Å²) < 4.78 is 0. The monoisotopic (exact) mass is 207 g/mol. The summed E-state index contributed by atoms with van der Waals surface area (Å²) in [7, 11) is 0. The Balaban J connectivity index is 2.86. The predicted octanol–water partition coefficient (Wildman–Crippen LogP) is 1.68. The smallest absolute Gasteiger partial charge is 0.242 e. The second kappa shape index (κ2) is 4.32. The number of isocyanates is 1. The van der Waals surface area contributed by atoms with E-state index in [1.54, 1.807) is 12.2 Å². The van der Waals surface area contributed by atoms with Crippen LogP contribution in [0, 0.1) is 0 Å². The van der Waals surface area contributed by atoms with Crippen LogP contribution in [0.25, 0.3) is 0 Å². The molecule has 0 saturated carbocycles. The van der Waals surface area contributed by atoms with Crippen LogP contribution in [0.15, 0.2) is 29.7 Å². The van der Waals surface area contributed by atoms with E-state index in [2.05, 4.69) is 37.2 Å². The molecule has 0 fully saturated rings. The zero-order valence-electron chi connectivity index (χ0n) is 9.53. The van der Waals surface area contributed by atoms with Crippen molar-refractivity contribution in [2.45, 2.75) is 26.3 Å². The molecule has 82 valence electrons. The molecule has 0 saturated heterocycles. The molecule has 1 aliphatic rings. The average Bonchev–Trinajstić information content (AvgIpc) is 2.50. The molecule has 0 amide bonds. The molecule has 0 unspecified atom stereocenters. The molecule has 1 aliphatic heterocycles. The normalized spacial score (nSPS) is 16.1. The summed E-state index contributed by atoms with van der Waals surface area (Å²) in [5, 5.41) is 0. The molecule has 0 radical (unpaired) electrons. The SMILES string of the molecule is C=CCN1CN(C(C)(C)C)C=C1N=C=O. The standard InChI is InChI=1S/C11H17N3O/c1-5-6-13-9-14(11(2,3)4)7-10(13)12-8-15/h5,7H,1,6,9H2,2-4H3. The van der Waals surface area contributed by atoms with Crippen molar-refractivity contribution < 1.29 is 4.79 Å². The Morgan fingerprint density at radius 2 is 2.33 bits per heavy atom. The van der Waals surface area contributed by atoms with Crippen LogP contribution in [0.5, 0.6) is 0 Å². The molecule has 0 spiro atoms. The second-order valence-corrected chi connectivity index (χ2v) is 4.48. The lowest BCUT2D eigenvalue weighted by atomic mass is 10.1. The first-order chi connectivity index (χ1) is 6.99. The second-order valence-electron chi connectivity index (χ2n) is 4.48. The van der Waals surface area contributed by atoms with Gasteiger partial charge in [0, 0.05) is 18.3 Å². The van der Waals surface area contributed by atoms with Gasteiger partial charge >= 0.3 is 0 Å². The number of hydrogen-bond donors (Lipinski definition) is 0. The molecule has 0 N–H and O–H groups in total. The molecule has 0 aliphatic carbocycles. The Hall–Kier alpha value is -1.54. The van der Waals surface area contributed by atoms with Gasteiger partial charge in [-0.05, 0) is 20.8 Å². The van der Waals surface area contributed by atoms with Crippen molar-refractivity contribution in [3.63, 3.8) is 0 Å². The molecule has 4 heteroatoms. The van der Waals surface area contributed by atoms with Crippen molar-refractivity contribution in [2.24, 2.45) is 4.99 Å². The van der Waals surface area contributed by atoms with E-state index in [9.17, 15) is 4.79 Å². The molecule has 0 aromatic carbocycles. The largest absolute Gasteiger partial charge is 0.352 e. The number of rotatable bonds is 3. The summed E-state index contributed by atoms with van der Waals surface area (Å²) in [6.45, 7) is 11.4. The molecule has 15 heavy (non-hydrogen) atoms. The van der Waals surface area contributed by atoms with Crippen molar-refractivity contribution in [1.82, 2.24) is 9.80 Å². The van der Waals surface area contributed by atoms with E-state index < -0.39 is 0 Å². The van der Waals surface area contributed by atoms with Crippen molar-refractivity contribution in [3.05, 3.63) is 24.7 Å². The highest BCUT2D eigenvalue weighted by molar-refractivity contribution is 5.37. The van der Waals surface area contributed by atoms with E-state index in [1.165, 1.54) is 0 Å². The number of hydrogen-bond acceptors (Lipinski definition) is 4. The number of nitrogens with zero attached hydrogens (tertiary/aromatic N) is 3. The van der Waals surface area contributed by atoms with Gasteiger partial charge in [-0.3, -0.25) is 0 Å². The van der Waals surface area contributed by atoms with Gasteiger partial charge in [-0.2, -0.15) is 0 Å². The van der Waals surface area contributed by atoms with Crippen LogP contribution in [0.4, 0.5) is 0 Å². The van der Waals surface area contributed by atoms with Gasteiger partial charge in [0.1, 0.15) is 0 Å². The molecular formula is C11H17N3O. The lowest BCUT2D eigenvalue weighted by Gasteiger charge is -2.32. The van der Waals surface area contributed by atoms with E-state index in [-0.39, 0.29) is 5.54 Å². The number of carbonyl (C=O) groups excluding carboxylic acids is 1. The highest BCUT2D eigenvalue weighted by Crippen LogP contribution is 2.24. The van der Waals surface area contributed by atoms with Crippen molar-refractivity contribution >= 4 is 6.08 Å². The third kappa shape index (κ3) is 2.70. The Bertz CT molecular complexity index is 321. The third-order valence-electron chi connectivity index (χ3n) is 2.29. The van der Waals surface area contributed by atoms with E-state index in [0.717, 1.165) is 6.67 Å². The van der Waals surface area contributed by atoms with E-state index >= 15 is 0 Å². The Morgan fingerprint density at radius 3 is 2.80 bits per heavy atom. The highest BCUT2D eigenvalue weighted by Gasteiger charge is 2.27. The maximum atomic E-state index is 10.3. The first-order valence-corrected chi connectivity index (χ1v) is 4.91. The minimum Gasteiger partial charge on any atom is -0.352 e. The lowest BCUT2D eigenvalue weighted by Crippen LogP contribution is -2.39. The average molecular weight is 207 g/mol. The summed E-state index contributed by atoms with van der Waals surface area (Å²) in [4.78, 5) is 18.0. The van der Waals surface area contributed by atoms with Gasteiger partial charge in [0.15, 0.2) is 5.82 Å². The fourth-order valence-corrected chi connectivity index (χ4v) is 1.38. The summed E-state index contributed by atoms with van der Waals surface area (Å²) in [6.07, 6.45) is 5.25. The van der Waals surface area contributed by atoms with E-state index in [1.807, 2.05) is 11.1 Å². The zero-order chi connectivity index (χ0) is 11.5. The summed E-state index contributed by atoms with van der Waals surface area (Å²) in [6, 6.07) is 0. The van der Waals surface area contributed by atoms with Crippen LogP contribution in [0.1, 0.15) is 20.8 Å². The zero-order valence-corrected chi connectivity index (χ0v) is 9.53. The molecule has 0 bridgehead atoms. The summed E-state index contributed by atoms with van der Waals surface area (Å²) >= 11 is 0. The fourth-order valence-electron chi connectivity index (χ4n) is 1.38. The first-order valence-electron chi connectivity index (χ1n) is 4.91. The van der Waals surface area contributed by atoms with Crippen LogP contribution in [-0.2, 0) is 4.79 Å². The van der Waals surface area contributed by atoms with Gasteiger partial charge in [0.2, 0.25) is 6.08 Å². The first kappa shape index (κ1) is 11.5. The van der Waals surface area contributed by atoms with Gasteiger partial charge < -0.3 is 9.80 Å². The van der Waals surface area contributed by atoms with E-state index in [0.29, 0.717) is 12.4 Å². The highest BCUT2D eigenvalue weighted by atomic mass is 16.1.